The number of aromatic nitrogens is 2. The highest BCUT2D eigenvalue weighted by atomic mass is 32.1. The summed E-state index contributed by atoms with van der Waals surface area (Å²) in [5.41, 5.74) is 7.72. The Morgan fingerprint density at radius 3 is 2.32 bits per heavy atom. The van der Waals surface area contributed by atoms with Crippen LogP contribution in [0.25, 0.3) is 0 Å². The molecule has 0 fully saturated rings. The number of amides is 4. The molecular formula is C31H41N7O4S2. The first-order valence-corrected chi connectivity index (χ1v) is 16.6. The number of nitrogens with two attached hydrogens (primary N) is 1. The topological polar surface area (TPSA) is 159 Å². The van der Waals surface area contributed by atoms with E-state index in [1.54, 1.807) is 10.8 Å². The summed E-state index contributed by atoms with van der Waals surface area (Å²) in [5.74, 6) is -1.19. The van der Waals surface area contributed by atoms with Gasteiger partial charge in [-0.3, -0.25) is 19.2 Å². The molecule has 5 N–H and O–H groups in total. The highest BCUT2D eigenvalue weighted by Gasteiger charge is 2.28. The van der Waals surface area contributed by atoms with Crippen LogP contribution in [0, 0.1) is 11.8 Å². The van der Waals surface area contributed by atoms with E-state index in [1.807, 2.05) is 58.0 Å². The average Bonchev–Trinajstić information content (AvgIpc) is 3.67. The molecule has 236 valence electrons. The lowest BCUT2D eigenvalue weighted by molar-refractivity contribution is -0.137. The molecule has 4 rings (SSSR count). The van der Waals surface area contributed by atoms with Gasteiger partial charge in [0.1, 0.15) is 21.4 Å². The Labute approximate surface area is 266 Å². The van der Waals surface area contributed by atoms with Crippen LogP contribution in [0.1, 0.15) is 89.2 Å². The maximum Gasteiger partial charge on any atom is 0.271 e. The number of carbonyl (C=O) groups is 4. The SMILES string of the molecule is CC(C)C[C@H](N)C(=O)N1CCCNC(=O)c2csc(n2)[C@H](C(C)C)NC(=O)c2csc(n2)[C@H](Cc2ccccc2)NC(=O)C1. The number of carbonyl (C=O) groups excluding carboxylic acids is 4. The van der Waals surface area contributed by atoms with E-state index in [2.05, 4.69) is 25.9 Å². The minimum Gasteiger partial charge on any atom is -0.351 e. The molecule has 3 atom stereocenters. The maximum absolute atomic E-state index is 13.5. The first-order chi connectivity index (χ1) is 21.0. The fourth-order valence-corrected chi connectivity index (χ4v) is 6.82. The zero-order valence-corrected chi connectivity index (χ0v) is 27.2. The van der Waals surface area contributed by atoms with E-state index in [4.69, 9.17) is 5.73 Å². The second-order valence-electron chi connectivity index (χ2n) is 11.8. The van der Waals surface area contributed by atoms with E-state index in [0.29, 0.717) is 29.3 Å². The first-order valence-electron chi connectivity index (χ1n) is 14.9. The highest BCUT2D eigenvalue weighted by Crippen LogP contribution is 2.27. The number of fused-ring (bicyclic) bond motifs is 4. The van der Waals surface area contributed by atoms with Crippen LogP contribution in [0.4, 0.5) is 0 Å². The van der Waals surface area contributed by atoms with Gasteiger partial charge in [-0.05, 0) is 36.7 Å². The quantitative estimate of drug-likeness (QED) is 0.321. The summed E-state index contributed by atoms with van der Waals surface area (Å²) >= 11 is 2.60. The van der Waals surface area contributed by atoms with Crippen molar-refractivity contribution >= 4 is 46.3 Å². The van der Waals surface area contributed by atoms with Crippen LogP contribution in [-0.4, -0.2) is 64.2 Å². The fraction of sp³-hybridized carbons (Fsp3) is 0.484. The number of hydrogen-bond donors (Lipinski definition) is 4. The Hall–Kier alpha value is -3.68. The molecule has 3 heterocycles. The van der Waals surface area contributed by atoms with Gasteiger partial charge in [-0.2, -0.15) is 0 Å². The van der Waals surface area contributed by atoms with Crippen molar-refractivity contribution in [1.82, 2.24) is 30.8 Å². The van der Waals surface area contributed by atoms with Gasteiger partial charge in [0.25, 0.3) is 11.8 Å². The molecule has 4 bridgehead atoms. The van der Waals surface area contributed by atoms with Gasteiger partial charge in [0.15, 0.2) is 0 Å². The molecule has 1 aliphatic heterocycles. The molecule has 0 aliphatic carbocycles. The predicted molar refractivity (Wildman–Crippen MR) is 171 cm³/mol. The van der Waals surface area contributed by atoms with Crippen molar-refractivity contribution in [3.05, 3.63) is 68.1 Å². The smallest absolute Gasteiger partial charge is 0.271 e. The van der Waals surface area contributed by atoms with E-state index in [0.717, 1.165) is 5.56 Å². The molecule has 2 aromatic heterocycles. The Kier molecular flexibility index (Phi) is 11.6. The van der Waals surface area contributed by atoms with Crippen molar-refractivity contribution in [2.75, 3.05) is 19.6 Å². The normalized spacial score (nSPS) is 19.4. The number of nitrogens with one attached hydrogen (secondary N) is 3. The van der Waals surface area contributed by atoms with Gasteiger partial charge in [-0.25, -0.2) is 9.97 Å². The molecule has 0 saturated heterocycles. The standard InChI is InChI=1S/C31H41N7O4S2/c1-18(2)13-21(32)31(42)38-12-8-11-33-27(40)23-16-44-30(36-23)26(19(3)4)37-28(41)24-17-43-29(35-24)22(34-25(39)15-38)14-20-9-6-5-7-10-20/h5-7,9-10,16-19,21-22,26H,8,11-15,32H2,1-4H3,(H,33,40)(H,34,39)(H,37,41)/t21-,22-,26-/m0/s1. The number of hydrogen-bond acceptors (Lipinski definition) is 9. The minimum absolute atomic E-state index is 0.00364. The van der Waals surface area contributed by atoms with Crippen molar-refractivity contribution in [1.29, 1.82) is 0 Å². The molecular weight excluding hydrogens is 599 g/mol. The van der Waals surface area contributed by atoms with Crippen LogP contribution < -0.4 is 21.7 Å². The fourth-order valence-electron chi connectivity index (χ4n) is 4.95. The lowest BCUT2D eigenvalue weighted by Gasteiger charge is -2.27. The van der Waals surface area contributed by atoms with E-state index in [-0.39, 0.29) is 66.5 Å². The van der Waals surface area contributed by atoms with E-state index in [1.165, 1.54) is 27.6 Å². The highest BCUT2D eigenvalue weighted by molar-refractivity contribution is 7.10. The third kappa shape index (κ3) is 8.93. The summed E-state index contributed by atoms with van der Waals surface area (Å²) in [7, 11) is 0. The van der Waals surface area contributed by atoms with Crippen molar-refractivity contribution in [2.24, 2.45) is 17.6 Å². The van der Waals surface area contributed by atoms with Crippen molar-refractivity contribution in [3.8, 4) is 0 Å². The van der Waals surface area contributed by atoms with E-state index in [9.17, 15) is 19.2 Å². The lowest BCUT2D eigenvalue weighted by Crippen LogP contribution is -2.49. The molecule has 0 spiro atoms. The van der Waals surface area contributed by atoms with Gasteiger partial charge in [0, 0.05) is 23.8 Å². The van der Waals surface area contributed by atoms with Crippen LogP contribution in [0.15, 0.2) is 41.1 Å². The molecule has 0 saturated carbocycles. The molecule has 1 aromatic carbocycles. The third-order valence-corrected chi connectivity index (χ3v) is 9.11. The molecule has 13 heteroatoms. The molecule has 4 amide bonds. The lowest BCUT2D eigenvalue weighted by atomic mass is 10.0. The molecule has 44 heavy (non-hydrogen) atoms. The number of benzene rings is 1. The van der Waals surface area contributed by atoms with E-state index >= 15 is 0 Å². The number of nitrogens with zero attached hydrogens (tertiary/aromatic N) is 3. The van der Waals surface area contributed by atoms with Gasteiger partial charge in [0.2, 0.25) is 11.8 Å². The summed E-state index contributed by atoms with van der Waals surface area (Å²) in [4.78, 5) is 63.6. The van der Waals surface area contributed by atoms with Gasteiger partial charge in [-0.15, -0.1) is 22.7 Å². The van der Waals surface area contributed by atoms with Gasteiger partial charge >= 0.3 is 0 Å². The van der Waals surface area contributed by atoms with Crippen LogP contribution in [0.3, 0.4) is 0 Å². The summed E-state index contributed by atoms with van der Waals surface area (Å²) < 4.78 is 0. The van der Waals surface area contributed by atoms with Gasteiger partial charge in [0.05, 0.1) is 24.7 Å². The van der Waals surface area contributed by atoms with Crippen LogP contribution >= 0.6 is 22.7 Å². The Morgan fingerprint density at radius 1 is 0.977 bits per heavy atom. The molecule has 3 aromatic rings. The number of thiazole rings is 2. The largest absolute Gasteiger partial charge is 0.351 e. The average molecular weight is 640 g/mol. The van der Waals surface area contributed by atoms with E-state index < -0.39 is 18.1 Å². The van der Waals surface area contributed by atoms with Crippen LogP contribution in [-0.2, 0) is 16.0 Å². The maximum atomic E-state index is 13.5. The monoisotopic (exact) mass is 639 g/mol. The predicted octanol–water partition coefficient (Wildman–Crippen LogP) is 3.46. The molecule has 1 aliphatic rings. The van der Waals surface area contributed by atoms with Crippen LogP contribution in [0.5, 0.6) is 0 Å². The summed E-state index contributed by atoms with van der Waals surface area (Å²) in [6.45, 7) is 8.23. The zero-order chi connectivity index (χ0) is 31.8. The molecule has 11 nitrogen and oxygen atoms in total. The van der Waals surface area contributed by atoms with Crippen molar-refractivity contribution in [3.63, 3.8) is 0 Å². The Balaban J connectivity index is 1.66. The summed E-state index contributed by atoms with van der Waals surface area (Å²) in [5, 5.41) is 13.5. The Morgan fingerprint density at radius 2 is 1.64 bits per heavy atom. The summed E-state index contributed by atoms with van der Waals surface area (Å²) in [6.07, 6.45) is 1.35. The zero-order valence-electron chi connectivity index (χ0n) is 25.5. The van der Waals surface area contributed by atoms with Crippen molar-refractivity contribution < 1.29 is 19.2 Å². The second-order valence-corrected chi connectivity index (χ2v) is 13.5. The van der Waals surface area contributed by atoms with Crippen molar-refractivity contribution in [2.45, 2.75) is 65.1 Å². The number of rotatable bonds is 6. The second kappa shape index (κ2) is 15.4. The van der Waals surface area contributed by atoms with Crippen LogP contribution in [0.2, 0.25) is 0 Å². The molecule has 0 radical (unpaired) electrons. The van der Waals surface area contributed by atoms with Gasteiger partial charge < -0.3 is 26.6 Å². The van der Waals surface area contributed by atoms with Gasteiger partial charge in [-0.1, -0.05) is 58.0 Å². The first kappa shape index (κ1) is 33.2. The Bertz CT molecular complexity index is 1440. The minimum atomic E-state index is -0.749. The summed E-state index contributed by atoms with van der Waals surface area (Å²) in [6, 6.07) is 8.00. The third-order valence-electron chi connectivity index (χ3n) is 7.22. The molecule has 0 unspecified atom stereocenters.